The third kappa shape index (κ3) is 5.08. The zero-order valence-corrected chi connectivity index (χ0v) is 21.0. The number of unbranched alkanes of at least 4 members (excludes halogenated alkanes) is 1. The summed E-state index contributed by atoms with van der Waals surface area (Å²) in [5.74, 6) is -1.40. The van der Waals surface area contributed by atoms with E-state index in [0.717, 1.165) is 12.1 Å². The van der Waals surface area contributed by atoms with Gasteiger partial charge < -0.3 is 15.7 Å². The lowest BCUT2D eigenvalue weighted by atomic mass is 10.0. The van der Waals surface area contributed by atoms with Crippen molar-refractivity contribution < 1.29 is 18.7 Å². The van der Waals surface area contributed by atoms with Crippen LogP contribution in [0.25, 0.3) is 16.6 Å². The molecule has 0 bridgehead atoms. The fourth-order valence-corrected chi connectivity index (χ4v) is 4.17. The van der Waals surface area contributed by atoms with Gasteiger partial charge in [-0.3, -0.25) is 4.79 Å². The van der Waals surface area contributed by atoms with Crippen LogP contribution < -0.4 is 5.73 Å². The van der Waals surface area contributed by atoms with Crippen LogP contribution in [0.4, 0.5) is 14.7 Å². The molecule has 0 fully saturated rings. The monoisotopic (exact) mass is 547 g/mol. The van der Waals surface area contributed by atoms with Gasteiger partial charge in [0.05, 0.1) is 11.0 Å². The number of anilines is 1. The van der Waals surface area contributed by atoms with Crippen LogP contribution in [0.3, 0.4) is 0 Å². The van der Waals surface area contributed by atoms with Gasteiger partial charge in [0.25, 0.3) is 5.91 Å². The van der Waals surface area contributed by atoms with Gasteiger partial charge in [-0.1, -0.05) is 0 Å². The summed E-state index contributed by atoms with van der Waals surface area (Å²) in [5.41, 5.74) is 5.85. The van der Waals surface area contributed by atoms with E-state index < -0.39 is 17.2 Å². The predicted octanol–water partition coefficient (Wildman–Crippen LogP) is 3.62. The molecule has 184 valence electrons. The quantitative estimate of drug-likeness (QED) is 0.339. The second-order valence-electron chi connectivity index (χ2n) is 8.81. The predicted molar refractivity (Wildman–Crippen MR) is 130 cm³/mol. The molecule has 0 saturated heterocycles. The van der Waals surface area contributed by atoms with Gasteiger partial charge in [0, 0.05) is 42.3 Å². The van der Waals surface area contributed by atoms with E-state index in [-0.39, 0.29) is 34.1 Å². The molecule has 0 saturated carbocycles. The zero-order chi connectivity index (χ0) is 25.5. The number of pyridine rings is 1. The molecule has 3 N–H and O–H groups in total. The van der Waals surface area contributed by atoms with Crippen LogP contribution in [0.1, 0.15) is 48.6 Å². The lowest BCUT2D eigenvalue weighted by Crippen LogP contribution is -2.29. The first-order chi connectivity index (χ1) is 16.5. The molecule has 4 aromatic rings. The fourth-order valence-electron chi connectivity index (χ4n) is 3.65. The summed E-state index contributed by atoms with van der Waals surface area (Å²) >= 11 is 3.37. The molecule has 12 heteroatoms. The molecule has 0 unspecified atom stereocenters. The number of hydrogen-bond acceptors (Lipinski definition) is 7. The minimum absolute atomic E-state index is 0.0456. The third-order valence-electron chi connectivity index (χ3n) is 5.60. The largest absolute Gasteiger partial charge is 0.386 e. The highest BCUT2D eigenvalue weighted by Gasteiger charge is 2.22. The number of nitrogens with zero attached hydrogens (tertiary/aromatic N) is 6. The van der Waals surface area contributed by atoms with Crippen LogP contribution in [0.5, 0.6) is 0 Å². The Morgan fingerprint density at radius 2 is 1.97 bits per heavy atom. The molecule has 3 aromatic heterocycles. The maximum atomic E-state index is 14.1. The number of aromatic nitrogens is 5. The summed E-state index contributed by atoms with van der Waals surface area (Å²) in [4.78, 5) is 27.0. The van der Waals surface area contributed by atoms with Crippen molar-refractivity contribution in [2.24, 2.45) is 0 Å². The number of aryl methyl sites for hydroxylation is 1. The van der Waals surface area contributed by atoms with Crippen LogP contribution in [0, 0.1) is 11.6 Å². The van der Waals surface area contributed by atoms with E-state index in [1.807, 2.05) is 0 Å². The molecule has 3 heterocycles. The fraction of sp³-hybridized carbons (Fsp3) is 0.348. The summed E-state index contributed by atoms with van der Waals surface area (Å²) in [7, 11) is 1.69. The first-order valence-electron chi connectivity index (χ1n) is 10.9. The second-order valence-corrected chi connectivity index (χ2v) is 9.67. The van der Waals surface area contributed by atoms with Gasteiger partial charge in [-0.15, -0.1) is 5.10 Å². The van der Waals surface area contributed by atoms with Gasteiger partial charge in [-0.05, 0) is 54.8 Å². The van der Waals surface area contributed by atoms with Gasteiger partial charge in [-0.2, -0.15) is 4.52 Å². The molecule has 1 amide bonds. The van der Waals surface area contributed by atoms with E-state index in [1.54, 1.807) is 31.9 Å². The SMILES string of the molecule is CN(CCCCc1nc2c3cc(F)cc(F)c3nc(N)n2n1)C(=O)c1ncc(C(C)(C)O)cc1Br. The molecule has 0 aliphatic rings. The van der Waals surface area contributed by atoms with Crippen LogP contribution in [-0.4, -0.2) is 54.1 Å². The van der Waals surface area contributed by atoms with Crippen LogP contribution >= 0.6 is 15.9 Å². The van der Waals surface area contributed by atoms with Crippen molar-refractivity contribution in [2.75, 3.05) is 19.3 Å². The second kappa shape index (κ2) is 9.42. The number of fused-ring (bicyclic) bond motifs is 3. The Bertz CT molecular complexity index is 1440. The molecule has 9 nitrogen and oxygen atoms in total. The van der Waals surface area contributed by atoms with E-state index in [1.165, 1.54) is 10.7 Å². The van der Waals surface area contributed by atoms with Crippen molar-refractivity contribution in [1.82, 2.24) is 29.5 Å². The molecule has 0 aliphatic carbocycles. The number of halogens is 3. The van der Waals surface area contributed by atoms with E-state index in [0.29, 0.717) is 41.7 Å². The Hall–Kier alpha value is -3.25. The summed E-state index contributed by atoms with van der Waals surface area (Å²) in [6.07, 6.45) is 3.29. The molecule has 0 aliphatic heterocycles. The average molecular weight is 548 g/mol. The number of nitrogen functional groups attached to an aromatic ring is 1. The zero-order valence-electron chi connectivity index (χ0n) is 19.4. The number of aliphatic hydroxyl groups is 1. The Kier molecular flexibility index (Phi) is 6.69. The molecule has 0 atom stereocenters. The number of hydrogen-bond donors (Lipinski definition) is 2. The van der Waals surface area contributed by atoms with Gasteiger partial charge in [-0.25, -0.2) is 23.7 Å². The van der Waals surface area contributed by atoms with Crippen molar-refractivity contribution >= 4 is 44.3 Å². The number of amides is 1. The van der Waals surface area contributed by atoms with Crippen LogP contribution in [0.2, 0.25) is 0 Å². The van der Waals surface area contributed by atoms with Crippen molar-refractivity contribution in [2.45, 2.75) is 38.7 Å². The minimum Gasteiger partial charge on any atom is -0.386 e. The van der Waals surface area contributed by atoms with Crippen LogP contribution in [0.15, 0.2) is 28.9 Å². The van der Waals surface area contributed by atoms with Crippen LogP contribution in [-0.2, 0) is 12.0 Å². The minimum atomic E-state index is -1.07. The summed E-state index contributed by atoms with van der Waals surface area (Å²) in [6.45, 7) is 3.76. The Labute approximate surface area is 208 Å². The number of rotatable bonds is 7. The average Bonchev–Trinajstić information content (AvgIpc) is 3.21. The van der Waals surface area contributed by atoms with Gasteiger partial charge >= 0.3 is 0 Å². The molecule has 4 rings (SSSR count). The van der Waals surface area contributed by atoms with Crippen molar-refractivity contribution in [1.29, 1.82) is 0 Å². The van der Waals surface area contributed by atoms with E-state index >= 15 is 0 Å². The number of nitrogens with two attached hydrogens (primary N) is 1. The van der Waals surface area contributed by atoms with E-state index in [4.69, 9.17) is 5.73 Å². The molecule has 0 spiro atoms. The summed E-state index contributed by atoms with van der Waals surface area (Å²) in [6, 6.07) is 3.58. The normalized spacial score (nSPS) is 12.0. The lowest BCUT2D eigenvalue weighted by Gasteiger charge is -2.20. The van der Waals surface area contributed by atoms with E-state index in [9.17, 15) is 18.7 Å². The highest BCUT2D eigenvalue weighted by molar-refractivity contribution is 9.10. The first-order valence-corrected chi connectivity index (χ1v) is 11.7. The molecule has 1 aromatic carbocycles. The highest BCUT2D eigenvalue weighted by Crippen LogP contribution is 2.25. The number of carbonyl (C=O) groups is 1. The third-order valence-corrected chi connectivity index (χ3v) is 6.21. The molecular formula is C23H24BrF2N7O2. The topological polar surface area (TPSA) is 123 Å². The lowest BCUT2D eigenvalue weighted by molar-refractivity contribution is 0.0759. The van der Waals surface area contributed by atoms with Gasteiger partial charge in [0.2, 0.25) is 5.95 Å². The standard InChI is InChI=1S/C23H24BrF2N7O2/c1-23(2,35)12-8-15(24)19(28-11-12)21(34)32(3)7-5-4-6-17-29-20-14-9-13(25)10-16(26)18(14)30-22(27)33(20)31-17/h8-11,35H,4-7H2,1-3H3,(H2,27,30). The Morgan fingerprint density at radius 1 is 1.23 bits per heavy atom. The van der Waals surface area contributed by atoms with Crippen molar-refractivity contribution in [3.8, 4) is 0 Å². The maximum Gasteiger partial charge on any atom is 0.273 e. The van der Waals surface area contributed by atoms with Crippen molar-refractivity contribution in [3.63, 3.8) is 0 Å². The highest BCUT2D eigenvalue weighted by atomic mass is 79.9. The number of carbonyl (C=O) groups excluding carboxylic acids is 1. The molecular weight excluding hydrogens is 524 g/mol. The maximum absolute atomic E-state index is 14.1. The first kappa shape index (κ1) is 24.9. The molecule has 35 heavy (non-hydrogen) atoms. The van der Waals surface area contributed by atoms with E-state index in [2.05, 4.69) is 36.0 Å². The summed E-state index contributed by atoms with van der Waals surface area (Å²) < 4.78 is 29.6. The van der Waals surface area contributed by atoms with Gasteiger partial charge in [0.15, 0.2) is 17.3 Å². The number of benzene rings is 1. The smallest absolute Gasteiger partial charge is 0.273 e. The molecule has 0 radical (unpaired) electrons. The Morgan fingerprint density at radius 3 is 2.66 bits per heavy atom. The summed E-state index contributed by atoms with van der Waals surface area (Å²) in [5, 5.41) is 14.6. The van der Waals surface area contributed by atoms with Gasteiger partial charge in [0.1, 0.15) is 17.0 Å². The Balaban J connectivity index is 1.41. The van der Waals surface area contributed by atoms with Crippen molar-refractivity contribution in [3.05, 3.63) is 57.6 Å².